The minimum Gasteiger partial charge on any atom is -0.397 e. The molecule has 3 rings (SSSR count). The van der Waals surface area contributed by atoms with Crippen molar-refractivity contribution in [1.82, 2.24) is 4.90 Å². The zero-order chi connectivity index (χ0) is 14.3. The number of aliphatic hydroxyl groups excluding tert-OH is 1. The van der Waals surface area contributed by atoms with Crippen molar-refractivity contribution in [3.63, 3.8) is 0 Å². The van der Waals surface area contributed by atoms with Gasteiger partial charge in [0.25, 0.3) is 5.91 Å². The monoisotopic (exact) mass is 290 g/mol. The SMILES string of the molecule is Cc1ccc2c(N)c(C(=O)N3CCC(CO)C3)sc2c1. The van der Waals surface area contributed by atoms with Crippen molar-refractivity contribution in [2.75, 3.05) is 25.4 Å². The topological polar surface area (TPSA) is 66.6 Å². The molecule has 5 heteroatoms. The molecule has 0 spiro atoms. The number of fused-ring (bicyclic) bond motifs is 1. The Hall–Kier alpha value is -1.59. The molecule has 106 valence electrons. The minimum absolute atomic E-state index is 0.00250. The second kappa shape index (κ2) is 5.07. The van der Waals surface area contributed by atoms with Gasteiger partial charge in [0, 0.05) is 35.7 Å². The molecular formula is C15H18N2O2S. The first kappa shape index (κ1) is 13.4. The predicted octanol–water partition coefficient (Wildman–Crippen LogP) is 2.25. The van der Waals surface area contributed by atoms with Gasteiger partial charge in [0.1, 0.15) is 4.88 Å². The van der Waals surface area contributed by atoms with E-state index in [1.807, 2.05) is 19.1 Å². The van der Waals surface area contributed by atoms with Gasteiger partial charge < -0.3 is 15.7 Å². The summed E-state index contributed by atoms with van der Waals surface area (Å²) in [5, 5.41) is 10.1. The van der Waals surface area contributed by atoms with Crippen molar-refractivity contribution in [3.8, 4) is 0 Å². The van der Waals surface area contributed by atoms with E-state index in [1.165, 1.54) is 16.9 Å². The molecule has 1 aromatic carbocycles. The lowest BCUT2D eigenvalue weighted by molar-refractivity contribution is 0.0787. The lowest BCUT2D eigenvalue weighted by Gasteiger charge is -2.15. The summed E-state index contributed by atoms with van der Waals surface area (Å²) in [4.78, 5) is 15.0. The first-order valence-electron chi connectivity index (χ1n) is 6.79. The normalized spacial score (nSPS) is 18.9. The fourth-order valence-electron chi connectivity index (χ4n) is 2.69. The van der Waals surface area contributed by atoms with Crippen LogP contribution in [0.15, 0.2) is 18.2 Å². The van der Waals surface area contributed by atoms with E-state index in [2.05, 4.69) is 6.07 Å². The van der Waals surface area contributed by atoms with E-state index >= 15 is 0 Å². The van der Waals surface area contributed by atoms with Crippen LogP contribution in [0.2, 0.25) is 0 Å². The maximum Gasteiger partial charge on any atom is 0.266 e. The lowest BCUT2D eigenvalue weighted by Crippen LogP contribution is -2.29. The van der Waals surface area contributed by atoms with Gasteiger partial charge in [-0.3, -0.25) is 4.79 Å². The zero-order valence-corrected chi connectivity index (χ0v) is 12.2. The number of carbonyl (C=O) groups excluding carboxylic acids is 1. The third-order valence-corrected chi connectivity index (χ3v) is 5.07. The third kappa shape index (κ3) is 2.17. The molecule has 2 heterocycles. The Kier molecular flexibility index (Phi) is 3.40. The van der Waals surface area contributed by atoms with Gasteiger partial charge >= 0.3 is 0 Å². The van der Waals surface area contributed by atoms with E-state index in [9.17, 15) is 9.90 Å². The van der Waals surface area contributed by atoms with Gasteiger partial charge in [0.15, 0.2) is 0 Å². The molecule has 0 aliphatic carbocycles. The van der Waals surface area contributed by atoms with Crippen LogP contribution in [0.4, 0.5) is 5.69 Å². The van der Waals surface area contributed by atoms with E-state index in [1.54, 1.807) is 4.90 Å². The molecule has 1 aliphatic rings. The summed E-state index contributed by atoms with van der Waals surface area (Å²) >= 11 is 1.46. The Morgan fingerprint density at radius 2 is 2.35 bits per heavy atom. The van der Waals surface area contributed by atoms with E-state index in [-0.39, 0.29) is 18.4 Å². The van der Waals surface area contributed by atoms with Crippen LogP contribution in [0.25, 0.3) is 10.1 Å². The van der Waals surface area contributed by atoms with E-state index < -0.39 is 0 Å². The highest BCUT2D eigenvalue weighted by molar-refractivity contribution is 7.21. The summed E-state index contributed by atoms with van der Waals surface area (Å²) in [5.41, 5.74) is 7.89. The second-order valence-corrected chi connectivity index (χ2v) is 6.49. The number of carbonyl (C=O) groups is 1. The molecule has 1 unspecified atom stereocenters. The first-order chi connectivity index (χ1) is 9.60. The molecule has 20 heavy (non-hydrogen) atoms. The molecule has 1 amide bonds. The smallest absolute Gasteiger partial charge is 0.266 e. The number of nitrogen functional groups attached to an aromatic ring is 1. The molecular weight excluding hydrogens is 272 g/mol. The highest BCUT2D eigenvalue weighted by Gasteiger charge is 2.28. The van der Waals surface area contributed by atoms with Crippen LogP contribution in [0.3, 0.4) is 0 Å². The van der Waals surface area contributed by atoms with E-state index in [4.69, 9.17) is 5.73 Å². The molecule has 1 fully saturated rings. The van der Waals surface area contributed by atoms with Gasteiger partial charge in [-0.05, 0) is 25.0 Å². The van der Waals surface area contributed by atoms with Crippen LogP contribution >= 0.6 is 11.3 Å². The van der Waals surface area contributed by atoms with Crippen LogP contribution < -0.4 is 5.73 Å². The zero-order valence-electron chi connectivity index (χ0n) is 11.4. The standard InChI is InChI=1S/C15H18N2O2S/c1-9-2-3-11-12(6-9)20-14(13(11)16)15(19)17-5-4-10(7-17)8-18/h2-3,6,10,18H,4-5,7-8,16H2,1H3. The average molecular weight is 290 g/mol. The fourth-order valence-corrected chi connectivity index (χ4v) is 3.88. The number of benzene rings is 1. The summed E-state index contributed by atoms with van der Waals surface area (Å²) in [5.74, 6) is 0.203. The van der Waals surface area contributed by atoms with Crippen molar-refractivity contribution >= 4 is 33.0 Å². The van der Waals surface area contributed by atoms with Crippen molar-refractivity contribution < 1.29 is 9.90 Å². The molecule has 1 saturated heterocycles. The number of likely N-dealkylation sites (tertiary alicyclic amines) is 1. The Balaban J connectivity index is 1.94. The van der Waals surface area contributed by atoms with Gasteiger partial charge in [0.2, 0.25) is 0 Å². The predicted molar refractivity (Wildman–Crippen MR) is 82.1 cm³/mol. The molecule has 1 atom stereocenters. The Labute approximate surface area is 121 Å². The first-order valence-corrected chi connectivity index (χ1v) is 7.60. The van der Waals surface area contributed by atoms with Crippen LogP contribution in [-0.2, 0) is 0 Å². The summed E-state index contributed by atoms with van der Waals surface area (Å²) in [6, 6.07) is 6.05. The van der Waals surface area contributed by atoms with Crippen LogP contribution in [0.5, 0.6) is 0 Å². The van der Waals surface area contributed by atoms with Crippen molar-refractivity contribution in [2.45, 2.75) is 13.3 Å². The number of aliphatic hydroxyl groups is 1. The maximum atomic E-state index is 12.6. The van der Waals surface area contributed by atoms with Gasteiger partial charge in [-0.25, -0.2) is 0 Å². The summed E-state index contributed by atoms with van der Waals surface area (Å²) < 4.78 is 1.06. The molecule has 0 radical (unpaired) electrons. The molecule has 1 aromatic heterocycles. The van der Waals surface area contributed by atoms with Crippen LogP contribution in [0.1, 0.15) is 21.7 Å². The highest BCUT2D eigenvalue weighted by Crippen LogP contribution is 2.35. The molecule has 4 nitrogen and oxygen atoms in total. The number of anilines is 1. The maximum absolute atomic E-state index is 12.6. The third-order valence-electron chi connectivity index (χ3n) is 3.91. The number of hydrogen-bond donors (Lipinski definition) is 2. The number of thiophene rings is 1. The van der Waals surface area contributed by atoms with Crippen molar-refractivity contribution in [1.29, 1.82) is 0 Å². The molecule has 2 aromatic rings. The molecule has 1 aliphatic heterocycles. The molecule has 3 N–H and O–H groups in total. The molecule has 0 bridgehead atoms. The number of nitrogens with zero attached hydrogens (tertiary/aromatic N) is 1. The number of amides is 1. The second-order valence-electron chi connectivity index (χ2n) is 5.43. The minimum atomic E-state index is -0.00250. The van der Waals surface area contributed by atoms with E-state index in [0.717, 1.165) is 16.5 Å². The lowest BCUT2D eigenvalue weighted by atomic mass is 10.1. The Morgan fingerprint density at radius 1 is 1.55 bits per heavy atom. The molecule has 0 saturated carbocycles. The largest absolute Gasteiger partial charge is 0.397 e. The van der Waals surface area contributed by atoms with Crippen molar-refractivity contribution in [3.05, 3.63) is 28.6 Å². The quantitative estimate of drug-likeness (QED) is 0.891. The van der Waals surface area contributed by atoms with Gasteiger partial charge in [-0.15, -0.1) is 11.3 Å². The summed E-state index contributed by atoms with van der Waals surface area (Å²) in [6.45, 7) is 3.51. The Bertz CT molecular complexity index is 665. The van der Waals surface area contributed by atoms with Crippen molar-refractivity contribution in [2.24, 2.45) is 5.92 Å². The van der Waals surface area contributed by atoms with Gasteiger partial charge in [-0.2, -0.15) is 0 Å². The van der Waals surface area contributed by atoms with Gasteiger partial charge in [-0.1, -0.05) is 12.1 Å². The highest BCUT2D eigenvalue weighted by atomic mass is 32.1. The van der Waals surface area contributed by atoms with Crippen LogP contribution in [-0.4, -0.2) is 35.6 Å². The summed E-state index contributed by atoms with van der Waals surface area (Å²) in [7, 11) is 0. The Morgan fingerprint density at radius 3 is 3.05 bits per heavy atom. The number of rotatable bonds is 2. The van der Waals surface area contributed by atoms with Gasteiger partial charge in [0.05, 0.1) is 5.69 Å². The number of nitrogens with two attached hydrogens (primary N) is 1. The van der Waals surface area contributed by atoms with E-state index in [0.29, 0.717) is 23.7 Å². The average Bonchev–Trinajstić information content (AvgIpc) is 3.03. The number of aryl methyl sites for hydroxylation is 1. The fraction of sp³-hybridized carbons (Fsp3) is 0.400. The van der Waals surface area contributed by atoms with Crippen LogP contribution in [0, 0.1) is 12.8 Å². The number of hydrogen-bond acceptors (Lipinski definition) is 4. The summed E-state index contributed by atoms with van der Waals surface area (Å²) in [6.07, 6.45) is 0.867.